The lowest BCUT2D eigenvalue weighted by Gasteiger charge is -1.94. The van der Waals surface area contributed by atoms with E-state index in [9.17, 15) is 4.79 Å². The van der Waals surface area contributed by atoms with Crippen molar-refractivity contribution in [2.24, 2.45) is 7.05 Å². The minimum Gasteiger partial charge on any atom is -0.334 e. The molecule has 0 aliphatic rings. The number of carbonyl (C=O) groups excluding carboxylic acids is 1. The first-order chi connectivity index (χ1) is 6.22. The zero-order valence-corrected chi connectivity index (χ0v) is 9.15. The Morgan fingerprint density at radius 3 is 3.00 bits per heavy atom. The van der Waals surface area contributed by atoms with Crippen molar-refractivity contribution >= 4 is 39.9 Å². The van der Waals surface area contributed by atoms with E-state index in [0.29, 0.717) is 5.69 Å². The molecule has 0 fully saturated rings. The van der Waals surface area contributed by atoms with E-state index >= 15 is 0 Å². The number of hydrogen-bond donors (Lipinski definition) is 0. The van der Waals surface area contributed by atoms with Crippen molar-refractivity contribution in [2.75, 3.05) is 0 Å². The van der Waals surface area contributed by atoms with Gasteiger partial charge in [0.1, 0.15) is 11.3 Å². The molecule has 0 saturated carbocycles. The van der Waals surface area contributed by atoms with Gasteiger partial charge in [-0.2, -0.15) is 0 Å². The van der Waals surface area contributed by atoms with Gasteiger partial charge < -0.3 is 4.57 Å². The second-order valence-electron chi connectivity index (χ2n) is 2.81. The first-order valence-electron chi connectivity index (χ1n) is 3.79. The normalized spacial score (nSPS) is 10.6. The van der Waals surface area contributed by atoms with Crippen molar-refractivity contribution in [1.82, 2.24) is 9.55 Å². The van der Waals surface area contributed by atoms with E-state index in [2.05, 4.69) is 27.6 Å². The molecule has 0 bridgehead atoms. The van der Waals surface area contributed by atoms with Gasteiger partial charge in [0.2, 0.25) is 0 Å². The van der Waals surface area contributed by atoms with Crippen LogP contribution < -0.4 is 0 Å². The predicted octanol–water partition coefficient (Wildman–Crippen LogP) is 1.99. The lowest BCUT2D eigenvalue weighted by atomic mass is 10.3. The summed E-state index contributed by atoms with van der Waals surface area (Å²) in [5.74, 6) is 0. The van der Waals surface area contributed by atoms with Crippen molar-refractivity contribution in [3.05, 3.63) is 27.6 Å². The van der Waals surface area contributed by atoms with Crippen molar-refractivity contribution in [3.8, 4) is 0 Å². The highest BCUT2D eigenvalue weighted by Crippen LogP contribution is 2.20. The number of nitrogens with zero attached hydrogens (tertiary/aromatic N) is 2. The van der Waals surface area contributed by atoms with Crippen LogP contribution in [0.3, 0.4) is 0 Å². The summed E-state index contributed by atoms with van der Waals surface area (Å²) in [6, 6.07) is 3.66. The molecule has 0 N–H and O–H groups in total. The third kappa shape index (κ3) is 1.35. The summed E-state index contributed by atoms with van der Waals surface area (Å²) in [5, 5.41) is 1.09. The van der Waals surface area contributed by atoms with Crippen LogP contribution in [0.1, 0.15) is 10.5 Å². The number of aldehydes is 1. The fourth-order valence-corrected chi connectivity index (χ4v) is 2.12. The summed E-state index contributed by atoms with van der Waals surface area (Å²) < 4.78 is 3.07. The largest absolute Gasteiger partial charge is 0.334 e. The minimum atomic E-state index is 0.477. The van der Waals surface area contributed by atoms with Gasteiger partial charge in [0, 0.05) is 22.2 Å². The highest BCUT2D eigenvalue weighted by molar-refractivity contribution is 14.1. The van der Waals surface area contributed by atoms with Crippen LogP contribution >= 0.6 is 22.6 Å². The molecule has 0 atom stereocenters. The van der Waals surface area contributed by atoms with Crippen LogP contribution in [0.5, 0.6) is 0 Å². The first kappa shape index (κ1) is 8.68. The van der Waals surface area contributed by atoms with Gasteiger partial charge in [-0.25, -0.2) is 4.98 Å². The zero-order valence-electron chi connectivity index (χ0n) is 6.99. The van der Waals surface area contributed by atoms with Crippen LogP contribution in [0.15, 0.2) is 18.3 Å². The number of rotatable bonds is 1. The van der Waals surface area contributed by atoms with E-state index in [1.165, 1.54) is 0 Å². The Morgan fingerprint density at radius 2 is 2.31 bits per heavy atom. The third-order valence-electron chi connectivity index (χ3n) is 1.92. The molecule has 13 heavy (non-hydrogen) atoms. The van der Waals surface area contributed by atoms with E-state index < -0.39 is 0 Å². The van der Waals surface area contributed by atoms with Crippen molar-refractivity contribution < 1.29 is 4.79 Å². The van der Waals surface area contributed by atoms with Gasteiger partial charge in [0.25, 0.3) is 0 Å². The Kier molecular flexibility index (Phi) is 2.07. The smallest absolute Gasteiger partial charge is 0.168 e. The molecular formula is C9H7IN2O. The second kappa shape index (κ2) is 3.10. The van der Waals surface area contributed by atoms with E-state index in [4.69, 9.17) is 0 Å². The molecular weight excluding hydrogens is 279 g/mol. The fourth-order valence-electron chi connectivity index (χ4n) is 1.28. The van der Waals surface area contributed by atoms with Crippen LogP contribution in [-0.4, -0.2) is 15.8 Å². The molecule has 2 aromatic rings. The van der Waals surface area contributed by atoms with Crippen LogP contribution in [0, 0.1) is 3.57 Å². The SMILES string of the molecule is Cn1cc(I)c2ccc(C=O)nc21. The fraction of sp³-hybridized carbons (Fsp3) is 0.111. The van der Waals surface area contributed by atoms with Crippen LogP contribution in [0.25, 0.3) is 11.0 Å². The van der Waals surface area contributed by atoms with E-state index in [0.717, 1.165) is 20.9 Å². The average molecular weight is 286 g/mol. The molecule has 0 radical (unpaired) electrons. The van der Waals surface area contributed by atoms with Crippen LogP contribution in [-0.2, 0) is 7.05 Å². The summed E-state index contributed by atoms with van der Waals surface area (Å²) in [4.78, 5) is 14.7. The van der Waals surface area contributed by atoms with Gasteiger partial charge >= 0.3 is 0 Å². The predicted molar refractivity (Wildman–Crippen MR) is 58.8 cm³/mol. The van der Waals surface area contributed by atoms with Crippen LogP contribution in [0.2, 0.25) is 0 Å². The average Bonchev–Trinajstić information content (AvgIpc) is 2.42. The highest BCUT2D eigenvalue weighted by atomic mass is 127. The summed E-state index contributed by atoms with van der Waals surface area (Å²) in [7, 11) is 1.92. The Labute approximate surface area is 88.9 Å². The molecule has 0 aliphatic carbocycles. The number of hydrogen-bond acceptors (Lipinski definition) is 2. The molecule has 66 valence electrons. The number of carbonyl (C=O) groups is 1. The zero-order chi connectivity index (χ0) is 9.42. The minimum absolute atomic E-state index is 0.477. The lowest BCUT2D eigenvalue weighted by Crippen LogP contribution is -1.91. The number of pyridine rings is 1. The number of aryl methyl sites for hydroxylation is 1. The molecule has 0 spiro atoms. The van der Waals surface area contributed by atoms with Gasteiger partial charge in [0.15, 0.2) is 6.29 Å². The molecule has 0 aliphatic heterocycles. The maximum absolute atomic E-state index is 10.5. The molecule has 0 aromatic carbocycles. The Bertz CT molecular complexity index is 476. The van der Waals surface area contributed by atoms with E-state index in [1.807, 2.05) is 23.9 Å². The van der Waals surface area contributed by atoms with Gasteiger partial charge in [0.05, 0.1) is 0 Å². The van der Waals surface area contributed by atoms with Crippen molar-refractivity contribution in [3.63, 3.8) is 0 Å². The number of fused-ring (bicyclic) bond motifs is 1. The summed E-state index contributed by atoms with van der Waals surface area (Å²) >= 11 is 2.25. The molecule has 2 rings (SSSR count). The van der Waals surface area contributed by atoms with Crippen molar-refractivity contribution in [2.45, 2.75) is 0 Å². The van der Waals surface area contributed by atoms with E-state index in [1.54, 1.807) is 6.07 Å². The Morgan fingerprint density at radius 1 is 1.54 bits per heavy atom. The molecule has 2 aromatic heterocycles. The number of aromatic nitrogens is 2. The molecule has 3 nitrogen and oxygen atoms in total. The maximum atomic E-state index is 10.5. The summed E-state index contributed by atoms with van der Waals surface area (Å²) in [6.07, 6.45) is 2.76. The number of halogens is 1. The van der Waals surface area contributed by atoms with Crippen LogP contribution in [0.4, 0.5) is 0 Å². The standard InChI is InChI=1S/C9H7IN2O/c1-12-4-8(10)7-3-2-6(5-13)11-9(7)12/h2-5H,1H3. The topological polar surface area (TPSA) is 34.9 Å². The molecule has 0 saturated heterocycles. The Hall–Kier alpha value is -0.910. The second-order valence-corrected chi connectivity index (χ2v) is 3.98. The quantitative estimate of drug-likeness (QED) is 0.593. The first-order valence-corrected chi connectivity index (χ1v) is 4.87. The summed E-state index contributed by atoms with van der Waals surface area (Å²) in [5.41, 5.74) is 1.33. The monoisotopic (exact) mass is 286 g/mol. The van der Waals surface area contributed by atoms with Gasteiger partial charge in [-0.1, -0.05) is 0 Å². The van der Waals surface area contributed by atoms with Crippen molar-refractivity contribution in [1.29, 1.82) is 0 Å². The molecule has 0 unspecified atom stereocenters. The third-order valence-corrected chi connectivity index (χ3v) is 2.78. The maximum Gasteiger partial charge on any atom is 0.168 e. The summed E-state index contributed by atoms with van der Waals surface area (Å²) in [6.45, 7) is 0. The molecule has 0 amide bonds. The van der Waals surface area contributed by atoms with Gasteiger partial charge in [-0.15, -0.1) is 0 Å². The molecule has 4 heteroatoms. The highest BCUT2D eigenvalue weighted by Gasteiger charge is 2.05. The van der Waals surface area contributed by atoms with Gasteiger partial charge in [-0.05, 0) is 34.7 Å². The molecule has 2 heterocycles. The van der Waals surface area contributed by atoms with E-state index in [-0.39, 0.29) is 0 Å². The lowest BCUT2D eigenvalue weighted by molar-refractivity contribution is 0.111. The van der Waals surface area contributed by atoms with Gasteiger partial charge in [-0.3, -0.25) is 4.79 Å². The Balaban J connectivity index is 2.83.